The molecule has 0 aromatic heterocycles. The van der Waals surface area contributed by atoms with Crippen LogP contribution in [0.3, 0.4) is 0 Å². The number of thiol groups is 1. The zero-order chi connectivity index (χ0) is 21.9. The molecule has 0 aromatic carbocycles. The summed E-state index contributed by atoms with van der Waals surface area (Å²) in [6.07, 6.45) is 1.41. The van der Waals surface area contributed by atoms with E-state index in [1.807, 2.05) is 0 Å². The average molecular weight is 439 g/mol. The molecule has 0 bridgehead atoms. The molecule has 0 saturated carbocycles. The van der Waals surface area contributed by atoms with Gasteiger partial charge in [-0.3, -0.25) is 19.2 Å². The van der Waals surface area contributed by atoms with Crippen molar-refractivity contribution in [1.82, 2.24) is 16.0 Å². The summed E-state index contributed by atoms with van der Waals surface area (Å²) in [5.74, 6) is -4.33. The van der Waals surface area contributed by atoms with Gasteiger partial charge < -0.3 is 31.9 Å². The van der Waals surface area contributed by atoms with Crippen LogP contribution >= 0.6 is 24.4 Å². The molecule has 0 fully saturated rings. The molecule has 0 heterocycles. The number of carbonyl (C=O) groups excluding carboxylic acids is 3. The van der Waals surface area contributed by atoms with Gasteiger partial charge in [0.1, 0.15) is 18.1 Å². The minimum absolute atomic E-state index is 0.106. The van der Waals surface area contributed by atoms with Gasteiger partial charge in [0.25, 0.3) is 0 Å². The third kappa shape index (κ3) is 9.80. The summed E-state index contributed by atoms with van der Waals surface area (Å²) in [6.45, 7) is 1.33. The summed E-state index contributed by atoms with van der Waals surface area (Å²) >= 11 is 5.41. The Labute approximate surface area is 172 Å². The Morgan fingerprint density at radius 2 is 1.57 bits per heavy atom. The van der Waals surface area contributed by atoms with E-state index in [9.17, 15) is 24.0 Å². The first kappa shape index (κ1) is 26.0. The normalized spacial score (nSPS) is 14.9. The second-order valence-electron chi connectivity index (χ2n) is 5.86. The van der Waals surface area contributed by atoms with Crippen molar-refractivity contribution < 1.29 is 34.2 Å². The minimum atomic E-state index is -1.33. The van der Waals surface area contributed by atoms with Crippen LogP contribution in [0.1, 0.15) is 19.8 Å². The fourth-order valence-corrected chi connectivity index (χ4v) is 2.65. The Morgan fingerprint density at radius 1 is 1.00 bits per heavy atom. The van der Waals surface area contributed by atoms with Crippen molar-refractivity contribution in [3.8, 4) is 0 Å². The van der Waals surface area contributed by atoms with Crippen LogP contribution in [0.2, 0.25) is 0 Å². The summed E-state index contributed by atoms with van der Waals surface area (Å²) in [4.78, 5) is 58.0. The molecular formula is C15H26N4O7S2. The second kappa shape index (κ2) is 13.2. The Hall–Kier alpha value is -1.99. The molecule has 7 N–H and O–H groups in total. The number of amides is 3. The molecule has 0 aliphatic carbocycles. The number of carboxylic acid groups (broad SMARTS) is 2. The molecule has 11 nitrogen and oxygen atoms in total. The summed E-state index contributed by atoms with van der Waals surface area (Å²) in [5, 5.41) is 24.7. The fraction of sp³-hybridized carbons (Fsp3) is 0.667. The van der Waals surface area contributed by atoms with Gasteiger partial charge in [-0.1, -0.05) is 0 Å². The van der Waals surface area contributed by atoms with Crippen molar-refractivity contribution in [2.75, 3.05) is 17.8 Å². The summed E-state index contributed by atoms with van der Waals surface area (Å²) in [5.41, 5.74) is 5.41. The van der Waals surface area contributed by atoms with Gasteiger partial charge in [0.15, 0.2) is 0 Å². The highest BCUT2D eigenvalue weighted by molar-refractivity contribution is 7.98. The number of rotatable bonds is 13. The first-order chi connectivity index (χ1) is 13.0. The van der Waals surface area contributed by atoms with E-state index in [4.69, 9.17) is 15.9 Å². The number of aliphatic carboxylic acids is 2. The molecule has 0 aromatic rings. The molecular weight excluding hydrogens is 412 g/mol. The van der Waals surface area contributed by atoms with Crippen molar-refractivity contribution in [2.24, 2.45) is 5.73 Å². The zero-order valence-corrected chi connectivity index (χ0v) is 17.2. The van der Waals surface area contributed by atoms with Crippen LogP contribution in [0, 0.1) is 0 Å². The molecule has 4 unspecified atom stereocenters. The SMILES string of the molecule is CSCCC(NC(=O)C(CS)NC(=O)C(C)NC(=O)C(N)CC(=O)O)C(=O)O. The largest absolute Gasteiger partial charge is 0.481 e. The number of carboxylic acids is 2. The molecule has 3 amide bonds. The highest BCUT2D eigenvalue weighted by atomic mass is 32.2. The molecule has 0 rings (SSSR count). The lowest BCUT2D eigenvalue weighted by Crippen LogP contribution is -2.57. The Balaban J connectivity index is 4.79. The van der Waals surface area contributed by atoms with E-state index in [1.165, 1.54) is 18.7 Å². The van der Waals surface area contributed by atoms with E-state index in [-0.39, 0.29) is 12.2 Å². The van der Waals surface area contributed by atoms with Gasteiger partial charge in [-0.2, -0.15) is 24.4 Å². The molecule has 0 saturated heterocycles. The van der Waals surface area contributed by atoms with Crippen LogP contribution < -0.4 is 21.7 Å². The lowest BCUT2D eigenvalue weighted by atomic mass is 10.1. The van der Waals surface area contributed by atoms with Crippen molar-refractivity contribution in [3.63, 3.8) is 0 Å². The number of carbonyl (C=O) groups is 5. The third-order valence-corrected chi connectivity index (χ3v) is 4.53. The molecule has 0 radical (unpaired) electrons. The second-order valence-corrected chi connectivity index (χ2v) is 7.21. The maximum absolute atomic E-state index is 12.2. The van der Waals surface area contributed by atoms with Crippen molar-refractivity contribution >= 4 is 54.1 Å². The van der Waals surface area contributed by atoms with Crippen LogP contribution in [0.15, 0.2) is 0 Å². The fourth-order valence-electron chi connectivity index (χ4n) is 1.92. The Bertz CT molecular complexity index is 591. The number of nitrogens with one attached hydrogen (secondary N) is 3. The van der Waals surface area contributed by atoms with Gasteiger partial charge in [-0.05, 0) is 25.4 Å². The van der Waals surface area contributed by atoms with Crippen LogP contribution in [-0.2, 0) is 24.0 Å². The maximum Gasteiger partial charge on any atom is 0.326 e. The van der Waals surface area contributed by atoms with E-state index in [2.05, 4.69) is 28.6 Å². The van der Waals surface area contributed by atoms with Crippen molar-refractivity contribution in [1.29, 1.82) is 0 Å². The Morgan fingerprint density at radius 3 is 2.04 bits per heavy atom. The van der Waals surface area contributed by atoms with E-state index in [0.717, 1.165) is 0 Å². The molecule has 0 aliphatic heterocycles. The van der Waals surface area contributed by atoms with E-state index in [1.54, 1.807) is 6.26 Å². The maximum atomic E-state index is 12.2. The van der Waals surface area contributed by atoms with Gasteiger partial charge in [-0.15, -0.1) is 0 Å². The van der Waals surface area contributed by atoms with Gasteiger partial charge in [0.05, 0.1) is 12.5 Å². The number of thioether (sulfide) groups is 1. The zero-order valence-electron chi connectivity index (χ0n) is 15.5. The topological polar surface area (TPSA) is 188 Å². The van der Waals surface area contributed by atoms with Gasteiger partial charge >= 0.3 is 11.9 Å². The third-order valence-electron chi connectivity index (χ3n) is 3.52. The van der Waals surface area contributed by atoms with Crippen molar-refractivity contribution in [3.05, 3.63) is 0 Å². The molecule has 0 spiro atoms. The number of hydrogen-bond donors (Lipinski definition) is 7. The smallest absolute Gasteiger partial charge is 0.326 e. The Kier molecular flexibility index (Phi) is 12.3. The monoisotopic (exact) mass is 438 g/mol. The summed E-state index contributed by atoms with van der Waals surface area (Å²) in [7, 11) is 0. The van der Waals surface area contributed by atoms with Crippen LogP contribution in [-0.4, -0.2) is 81.8 Å². The van der Waals surface area contributed by atoms with E-state index < -0.39 is 60.2 Å². The first-order valence-corrected chi connectivity index (χ1v) is 10.3. The predicted molar refractivity (Wildman–Crippen MR) is 106 cm³/mol. The summed E-state index contributed by atoms with van der Waals surface area (Å²) in [6, 6.07) is -4.66. The molecule has 28 heavy (non-hydrogen) atoms. The van der Waals surface area contributed by atoms with Gasteiger partial charge in [-0.25, -0.2) is 4.79 Å². The molecule has 160 valence electrons. The molecule has 0 aliphatic rings. The van der Waals surface area contributed by atoms with Crippen LogP contribution in [0.25, 0.3) is 0 Å². The average Bonchev–Trinajstić information content (AvgIpc) is 2.61. The minimum Gasteiger partial charge on any atom is -0.481 e. The highest BCUT2D eigenvalue weighted by Gasteiger charge is 2.28. The molecule has 4 atom stereocenters. The van der Waals surface area contributed by atoms with Crippen molar-refractivity contribution in [2.45, 2.75) is 43.9 Å². The lowest BCUT2D eigenvalue weighted by molar-refractivity contribution is -0.142. The highest BCUT2D eigenvalue weighted by Crippen LogP contribution is 2.02. The number of nitrogens with two attached hydrogens (primary N) is 1. The van der Waals surface area contributed by atoms with E-state index in [0.29, 0.717) is 5.75 Å². The van der Waals surface area contributed by atoms with Crippen LogP contribution in [0.5, 0.6) is 0 Å². The summed E-state index contributed by atoms with van der Waals surface area (Å²) < 4.78 is 0. The standard InChI is InChI=1S/C15H26N4O7S2/c1-7(17-13(23)8(16)5-11(20)21)12(22)19-10(6-27)14(24)18-9(15(25)26)3-4-28-2/h7-10,27H,3-6,16H2,1-2H3,(H,17,23)(H,18,24)(H,19,22)(H,20,21)(H,25,26). The van der Waals surface area contributed by atoms with Gasteiger partial charge in [0, 0.05) is 5.75 Å². The lowest BCUT2D eigenvalue weighted by Gasteiger charge is -2.22. The molecule has 13 heteroatoms. The number of hydrogen-bond acceptors (Lipinski definition) is 8. The van der Waals surface area contributed by atoms with E-state index >= 15 is 0 Å². The quantitative estimate of drug-likeness (QED) is 0.160. The predicted octanol–water partition coefficient (Wildman–Crippen LogP) is -1.97. The van der Waals surface area contributed by atoms with Crippen LogP contribution in [0.4, 0.5) is 0 Å². The van der Waals surface area contributed by atoms with Gasteiger partial charge in [0.2, 0.25) is 17.7 Å². The first-order valence-electron chi connectivity index (χ1n) is 8.24.